The maximum atomic E-state index is 8.54. The molecule has 0 aromatic heterocycles. The van der Waals surface area contributed by atoms with Crippen LogP contribution in [0.15, 0.2) is 11.1 Å². The molecule has 11 heavy (non-hydrogen) atoms. The summed E-state index contributed by atoms with van der Waals surface area (Å²) in [5.74, 6) is 0. The van der Waals surface area contributed by atoms with Gasteiger partial charge in [-0.3, -0.25) is 0 Å². The van der Waals surface area contributed by atoms with E-state index in [0.717, 1.165) is 14.7 Å². The maximum Gasteiger partial charge on any atom is 0.0467 e. The normalized spacial score (nSPS) is 10.9. The molecule has 0 fully saturated rings. The van der Waals surface area contributed by atoms with Gasteiger partial charge in [0.2, 0.25) is 0 Å². The highest BCUT2D eigenvalue weighted by Gasteiger charge is 1.92. The zero-order valence-corrected chi connectivity index (χ0v) is 8.78. The van der Waals surface area contributed by atoms with E-state index in [1.165, 1.54) is 23.7 Å². The quantitative estimate of drug-likeness (QED) is 0.385. The van der Waals surface area contributed by atoms with Gasteiger partial charge in [0.1, 0.15) is 0 Å². The van der Waals surface area contributed by atoms with Crippen molar-refractivity contribution in [3.8, 4) is 0 Å². The molecule has 0 spiro atoms. The van der Waals surface area contributed by atoms with Gasteiger partial charge in [-0.25, -0.2) is 0 Å². The van der Waals surface area contributed by atoms with E-state index in [9.17, 15) is 0 Å². The Morgan fingerprint density at radius 1 is 1.18 bits per heavy atom. The number of rotatable bonds is 5. The fourth-order valence-corrected chi connectivity index (χ4v) is 1.69. The molecule has 1 unspecified atom stereocenters. The smallest absolute Gasteiger partial charge is 0.0467 e. The fraction of sp³-hybridized carbons (Fsp3) is 0.778. The average molecular weight is 174 g/mol. The van der Waals surface area contributed by atoms with Crippen LogP contribution in [-0.4, -0.2) is 24.0 Å². The zero-order chi connectivity index (χ0) is 8.69. The molecule has 0 bridgehead atoms. The minimum absolute atomic E-state index is 0.353. The lowest BCUT2D eigenvalue weighted by molar-refractivity contribution is 0.322. The van der Waals surface area contributed by atoms with Gasteiger partial charge in [-0.2, -0.15) is 0 Å². The Balaban J connectivity index is 3.32. The van der Waals surface area contributed by atoms with Crippen molar-refractivity contribution in [1.82, 2.24) is 0 Å². The van der Waals surface area contributed by atoms with Gasteiger partial charge in [0.25, 0.3) is 0 Å². The molecule has 0 aliphatic heterocycles. The molecule has 0 heterocycles. The van der Waals surface area contributed by atoms with E-state index < -0.39 is 0 Å². The molecule has 0 aliphatic carbocycles. The van der Waals surface area contributed by atoms with Crippen LogP contribution >= 0.6 is 8.58 Å². The maximum absolute atomic E-state index is 8.54. The lowest BCUT2D eigenvalue weighted by atomic mass is 10.1. The minimum Gasteiger partial charge on any atom is -0.396 e. The average Bonchev–Trinajstić information content (AvgIpc) is 1.97. The van der Waals surface area contributed by atoms with Gasteiger partial charge in [0, 0.05) is 6.61 Å². The highest BCUT2D eigenvalue weighted by molar-refractivity contribution is 7.37. The van der Waals surface area contributed by atoms with Crippen LogP contribution in [0.3, 0.4) is 0 Å². The molecular weight excluding hydrogens is 155 g/mol. The summed E-state index contributed by atoms with van der Waals surface area (Å²) in [6.07, 6.45) is 3.44. The summed E-state index contributed by atoms with van der Waals surface area (Å²) in [7, 11) is 0.934. The van der Waals surface area contributed by atoms with Crippen LogP contribution in [-0.2, 0) is 0 Å². The third kappa shape index (κ3) is 6.52. The van der Waals surface area contributed by atoms with Crippen LogP contribution in [0, 0.1) is 0 Å². The van der Waals surface area contributed by atoms with Crippen molar-refractivity contribution in [2.45, 2.75) is 27.2 Å². The lowest BCUT2D eigenvalue weighted by Crippen LogP contribution is -1.88. The van der Waals surface area contributed by atoms with Crippen LogP contribution in [0.25, 0.3) is 0 Å². The fourth-order valence-electron chi connectivity index (χ4n) is 0.730. The summed E-state index contributed by atoms with van der Waals surface area (Å²) in [6.45, 7) is 6.86. The highest BCUT2D eigenvalue weighted by Crippen LogP contribution is 2.15. The number of allylic oxidation sites excluding steroid dienone is 2. The molecule has 0 saturated carbocycles. The number of aliphatic hydroxyl groups excluding tert-OH is 1. The molecule has 66 valence electrons. The van der Waals surface area contributed by atoms with E-state index in [4.69, 9.17) is 5.11 Å². The van der Waals surface area contributed by atoms with Crippen molar-refractivity contribution in [2.24, 2.45) is 0 Å². The first kappa shape index (κ1) is 11.1. The standard InChI is InChI=1S/C9H19OP/c1-8(2)9(3)4-6-11-7-5-10/h10-11H,4-7H2,1-3H3. The largest absolute Gasteiger partial charge is 0.396 e. The molecule has 1 nitrogen and oxygen atoms in total. The van der Waals surface area contributed by atoms with Crippen LogP contribution < -0.4 is 0 Å². The van der Waals surface area contributed by atoms with Crippen molar-refractivity contribution in [1.29, 1.82) is 0 Å². The Morgan fingerprint density at radius 2 is 1.82 bits per heavy atom. The Bertz CT molecular complexity index is 126. The Hall–Kier alpha value is 0.130. The molecule has 1 N–H and O–H groups in total. The van der Waals surface area contributed by atoms with Crippen molar-refractivity contribution in [3.05, 3.63) is 11.1 Å². The molecule has 0 rings (SSSR count). The molecular formula is C9H19OP. The van der Waals surface area contributed by atoms with E-state index in [0.29, 0.717) is 6.61 Å². The first-order chi connectivity index (χ1) is 5.18. The molecule has 0 aromatic carbocycles. The summed E-state index contributed by atoms with van der Waals surface area (Å²) >= 11 is 0. The Labute approximate surface area is 71.7 Å². The van der Waals surface area contributed by atoms with Crippen molar-refractivity contribution < 1.29 is 5.11 Å². The second-order valence-electron chi connectivity index (χ2n) is 3.00. The van der Waals surface area contributed by atoms with Gasteiger partial charge in [0.05, 0.1) is 0 Å². The highest BCUT2D eigenvalue weighted by atomic mass is 31.1. The van der Waals surface area contributed by atoms with Crippen molar-refractivity contribution >= 4 is 8.58 Å². The molecule has 0 aliphatic rings. The topological polar surface area (TPSA) is 20.2 Å². The van der Waals surface area contributed by atoms with Gasteiger partial charge in [-0.15, -0.1) is 8.58 Å². The Morgan fingerprint density at radius 3 is 2.27 bits per heavy atom. The lowest BCUT2D eigenvalue weighted by Gasteiger charge is -2.02. The van der Waals surface area contributed by atoms with Gasteiger partial charge in [0.15, 0.2) is 0 Å². The zero-order valence-electron chi connectivity index (χ0n) is 7.78. The molecule has 0 radical (unpaired) electrons. The van der Waals surface area contributed by atoms with E-state index in [1.54, 1.807) is 0 Å². The van der Waals surface area contributed by atoms with Gasteiger partial charge in [-0.05, 0) is 39.5 Å². The van der Waals surface area contributed by atoms with E-state index in [-0.39, 0.29) is 0 Å². The third-order valence-electron chi connectivity index (χ3n) is 1.82. The molecule has 0 saturated heterocycles. The van der Waals surface area contributed by atoms with Gasteiger partial charge < -0.3 is 5.11 Å². The molecule has 1 atom stereocenters. The van der Waals surface area contributed by atoms with Crippen molar-refractivity contribution in [3.63, 3.8) is 0 Å². The first-order valence-corrected chi connectivity index (χ1v) is 5.54. The number of hydrogen-bond acceptors (Lipinski definition) is 1. The SMILES string of the molecule is CC(C)=C(C)CCPCCO. The number of aliphatic hydroxyl groups is 1. The summed E-state index contributed by atoms with van der Waals surface area (Å²) in [4.78, 5) is 0. The minimum atomic E-state index is 0.353. The summed E-state index contributed by atoms with van der Waals surface area (Å²) in [5, 5.41) is 8.54. The summed E-state index contributed by atoms with van der Waals surface area (Å²) in [6, 6.07) is 0. The van der Waals surface area contributed by atoms with Crippen LogP contribution in [0.4, 0.5) is 0 Å². The summed E-state index contributed by atoms with van der Waals surface area (Å²) in [5.41, 5.74) is 2.95. The Kier molecular flexibility index (Phi) is 6.90. The first-order valence-electron chi connectivity index (χ1n) is 4.13. The van der Waals surface area contributed by atoms with E-state index >= 15 is 0 Å². The second kappa shape index (κ2) is 6.82. The molecule has 2 heteroatoms. The van der Waals surface area contributed by atoms with Gasteiger partial charge >= 0.3 is 0 Å². The molecule has 0 amide bonds. The predicted molar refractivity (Wildman–Crippen MR) is 53.8 cm³/mol. The summed E-state index contributed by atoms with van der Waals surface area (Å²) < 4.78 is 0. The van der Waals surface area contributed by atoms with Crippen molar-refractivity contribution in [2.75, 3.05) is 18.9 Å². The van der Waals surface area contributed by atoms with E-state index in [2.05, 4.69) is 20.8 Å². The monoisotopic (exact) mass is 174 g/mol. The van der Waals surface area contributed by atoms with Crippen LogP contribution in [0.1, 0.15) is 27.2 Å². The van der Waals surface area contributed by atoms with Crippen LogP contribution in [0.2, 0.25) is 0 Å². The van der Waals surface area contributed by atoms with E-state index in [1.807, 2.05) is 0 Å². The predicted octanol–water partition coefficient (Wildman–Crippen LogP) is 2.40. The van der Waals surface area contributed by atoms with Crippen LogP contribution in [0.5, 0.6) is 0 Å². The molecule has 0 aromatic rings. The second-order valence-corrected chi connectivity index (χ2v) is 4.50. The van der Waals surface area contributed by atoms with Gasteiger partial charge in [-0.1, -0.05) is 11.1 Å². The third-order valence-corrected chi connectivity index (χ3v) is 3.00. The number of hydrogen-bond donors (Lipinski definition) is 1.